The van der Waals surface area contributed by atoms with Gasteiger partial charge in [0.25, 0.3) is 0 Å². The van der Waals surface area contributed by atoms with Crippen molar-refractivity contribution in [1.29, 1.82) is 0 Å². The van der Waals surface area contributed by atoms with Gasteiger partial charge in [-0.1, -0.05) is 99.3 Å². The Morgan fingerprint density at radius 1 is 0.625 bits per heavy atom. The molecule has 0 amide bonds. The summed E-state index contributed by atoms with van der Waals surface area (Å²) in [4.78, 5) is 14.1. The van der Waals surface area contributed by atoms with E-state index in [4.69, 9.17) is 15.0 Å². The van der Waals surface area contributed by atoms with Gasteiger partial charge in [0.15, 0.2) is 17.5 Å². The fourth-order valence-corrected chi connectivity index (χ4v) is 3.78. The van der Waals surface area contributed by atoms with E-state index in [1.54, 1.807) is 0 Å². The topological polar surface area (TPSA) is 58.9 Å². The molecule has 0 bridgehead atoms. The molecule has 0 fully saturated rings. The van der Waals surface area contributed by atoms with E-state index in [1.165, 1.54) is 25.7 Å². The highest BCUT2D eigenvalue weighted by Gasteiger charge is 2.14. The van der Waals surface area contributed by atoms with Gasteiger partial charge in [-0.15, -0.1) is 0 Å². The molecule has 0 radical (unpaired) electrons. The summed E-state index contributed by atoms with van der Waals surface area (Å²) in [6, 6.07) is 25.6. The van der Waals surface area contributed by atoms with Crippen LogP contribution >= 0.6 is 0 Å². The molecule has 162 valence electrons. The summed E-state index contributed by atoms with van der Waals surface area (Å²) >= 11 is 0. The lowest BCUT2D eigenvalue weighted by Gasteiger charge is -2.10. The predicted molar refractivity (Wildman–Crippen MR) is 130 cm³/mol. The Labute approximate surface area is 190 Å². The first kappa shape index (κ1) is 21.7. The molecular weight excluding hydrogens is 394 g/mol. The molecule has 4 aromatic rings. The van der Waals surface area contributed by atoms with Crippen molar-refractivity contribution in [3.8, 4) is 39.9 Å². The number of phenolic OH excluding ortho intramolecular Hbond substituents is 1. The van der Waals surface area contributed by atoms with Crippen LogP contribution < -0.4 is 0 Å². The zero-order chi connectivity index (χ0) is 22.2. The van der Waals surface area contributed by atoms with Crippen LogP contribution in [0.1, 0.15) is 44.6 Å². The van der Waals surface area contributed by atoms with Crippen LogP contribution in [0.5, 0.6) is 5.75 Å². The van der Waals surface area contributed by atoms with E-state index in [0.717, 1.165) is 29.5 Å². The van der Waals surface area contributed by atoms with E-state index in [9.17, 15) is 5.11 Å². The summed E-state index contributed by atoms with van der Waals surface area (Å²) in [5, 5.41) is 10.8. The molecule has 0 spiro atoms. The maximum absolute atomic E-state index is 10.8. The van der Waals surface area contributed by atoms with Crippen LogP contribution in [0.4, 0.5) is 0 Å². The van der Waals surface area contributed by atoms with Crippen molar-refractivity contribution in [2.75, 3.05) is 0 Å². The molecule has 1 heterocycles. The van der Waals surface area contributed by atoms with Crippen LogP contribution in [-0.2, 0) is 6.42 Å². The molecule has 4 nitrogen and oxygen atoms in total. The molecule has 0 atom stereocenters. The largest absolute Gasteiger partial charge is 0.507 e. The normalized spacial score (nSPS) is 10.9. The smallest absolute Gasteiger partial charge is 0.167 e. The van der Waals surface area contributed by atoms with Crippen molar-refractivity contribution in [3.63, 3.8) is 0 Å². The molecule has 0 aliphatic heterocycles. The lowest BCUT2D eigenvalue weighted by atomic mass is 10.0. The summed E-state index contributed by atoms with van der Waals surface area (Å²) in [5.41, 5.74) is 3.59. The second kappa shape index (κ2) is 10.7. The SMILES string of the molecule is CCCCCCCc1ccc(-c2nc(-c3ccccc3)nc(-c3ccccc3)n2)c(O)c1. The minimum absolute atomic E-state index is 0.209. The van der Waals surface area contributed by atoms with Crippen LogP contribution in [0, 0.1) is 0 Å². The van der Waals surface area contributed by atoms with E-state index >= 15 is 0 Å². The summed E-state index contributed by atoms with van der Waals surface area (Å²) in [7, 11) is 0. The Kier molecular flexibility index (Phi) is 7.23. The average Bonchev–Trinajstić information content (AvgIpc) is 2.85. The standard InChI is InChI=1S/C28H29N3O/c1-2-3-4-5-8-13-21-18-19-24(25(32)20-21)28-30-26(22-14-9-6-10-15-22)29-27(31-28)23-16-11-7-12-17-23/h6-7,9-12,14-20,32H,2-5,8,13H2,1H3. The summed E-state index contributed by atoms with van der Waals surface area (Å²) < 4.78 is 0. The van der Waals surface area contributed by atoms with Gasteiger partial charge < -0.3 is 5.11 Å². The lowest BCUT2D eigenvalue weighted by molar-refractivity contribution is 0.476. The van der Waals surface area contributed by atoms with Gasteiger partial charge in [0.2, 0.25) is 0 Å². The fourth-order valence-electron chi connectivity index (χ4n) is 3.78. The number of benzene rings is 3. The number of aromatic nitrogens is 3. The Morgan fingerprint density at radius 2 is 1.19 bits per heavy atom. The number of aromatic hydroxyl groups is 1. The fraction of sp³-hybridized carbons (Fsp3) is 0.250. The second-order valence-corrected chi connectivity index (χ2v) is 8.05. The predicted octanol–water partition coefficient (Wildman–Crippen LogP) is 7.09. The van der Waals surface area contributed by atoms with E-state index in [0.29, 0.717) is 23.0 Å². The number of hydrogen-bond donors (Lipinski definition) is 1. The maximum Gasteiger partial charge on any atom is 0.167 e. The second-order valence-electron chi connectivity index (χ2n) is 8.05. The van der Waals surface area contributed by atoms with Crippen LogP contribution in [0.3, 0.4) is 0 Å². The van der Waals surface area contributed by atoms with Crippen LogP contribution in [0.2, 0.25) is 0 Å². The third-order valence-corrected chi connectivity index (χ3v) is 5.57. The van der Waals surface area contributed by atoms with Gasteiger partial charge in [0.1, 0.15) is 5.75 Å². The van der Waals surface area contributed by atoms with Crippen LogP contribution in [-0.4, -0.2) is 20.1 Å². The minimum atomic E-state index is 0.209. The molecule has 0 saturated carbocycles. The summed E-state index contributed by atoms with van der Waals surface area (Å²) in [6.07, 6.45) is 7.15. The third-order valence-electron chi connectivity index (χ3n) is 5.57. The zero-order valence-corrected chi connectivity index (χ0v) is 18.5. The van der Waals surface area contributed by atoms with Gasteiger partial charge in [-0.2, -0.15) is 0 Å². The zero-order valence-electron chi connectivity index (χ0n) is 18.5. The van der Waals surface area contributed by atoms with E-state index in [1.807, 2.05) is 72.8 Å². The third kappa shape index (κ3) is 5.38. The average molecular weight is 424 g/mol. The number of rotatable bonds is 9. The van der Waals surface area contributed by atoms with Gasteiger partial charge in [-0.3, -0.25) is 0 Å². The molecule has 0 unspecified atom stereocenters. The number of hydrogen-bond acceptors (Lipinski definition) is 4. The Balaban J connectivity index is 1.66. The first-order chi connectivity index (χ1) is 15.7. The lowest BCUT2D eigenvalue weighted by Crippen LogP contribution is -2.00. The Morgan fingerprint density at radius 3 is 1.75 bits per heavy atom. The van der Waals surface area contributed by atoms with E-state index < -0.39 is 0 Å². The van der Waals surface area contributed by atoms with Crippen molar-refractivity contribution in [3.05, 3.63) is 84.4 Å². The molecule has 4 heteroatoms. The molecule has 4 rings (SSSR count). The van der Waals surface area contributed by atoms with Crippen LogP contribution in [0.25, 0.3) is 34.2 Å². The van der Waals surface area contributed by atoms with Gasteiger partial charge >= 0.3 is 0 Å². The molecule has 32 heavy (non-hydrogen) atoms. The first-order valence-electron chi connectivity index (χ1n) is 11.4. The number of unbranched alkanes of at least 4 members (excludes halogenated alkanes) is 4. The molecule has 1 N–H and O–H groups in total. The van der Waals surface area contributed by atoms with Gasteiger partial charge in [0, 0.05) is 11.1 Å². The molecule has 0 saturated heterocycles. The minimum Gasteiger partial charge on any atom is -0.507 e. The molecule has 3 aromatic carbocycles. The Hall–Kier alpha value is -3.53. The highest BCUT2D eigenvalue weighted by atomic mass is 16.3. The van der Waals surface area contributed by atoms with Gasteiger partial charge in [-0.05, 0) is 30.5 Å². The Bertz CT molecular complexity index is 1090. The molecule has 1 aromatic heterocycles. The van der Waals surface area contributed by atoms with Crippen LogP contribution in [0.15, 0.2) is 78.9 Å². The first-order valence-corrected chi connectivity index (χ1v) is 11.4. The van der Waals surface area contributed by atoms with E-state index in [2.05, 4.69) is 13.0 Å². The highest BCUT2D eigenvalue weighted by molar-refractivity contribution is 5.69. The quantitative estimate of drug-likeness (QED) is 0.292. The van der Waals surface area contributed by atoms with Crippen molar-refractivity contribution in [1.82, 2.24) is 15.0 Å². The van der Waals surface area contributed by atoms with Gasteiger partial charge in [0.05, 0.1) is 5.56 Å². The monoisotopic (exact) mass is 423 g/mol. The molecule has 0 aliphatic rings. The number of nitrogens with zero attached hydrogens (tertiary/aromatic N) is 3. The van der Waals surface area contributed by atoms with Crippen molar-refractivity contribution in [2.45, 2.75) is 45.4 Å². The number of phenols is 1. The molecule has 0 aliphatic carbocycles. The van der Waals surface area contributed by atoms with Crippen molar-refractivity contribution >= 4 is 0 Å². The van der Waals surface area contributed by atoms with Crippen molar-refractivity contribution < 1.29 is 5.11 Å². The molecular formula is C28H29N3O. The maximum atomic E-state index is 10.8. The van der Waals surface area contributed by atoms with E-state index in [-0.39, 0.29) is 5.75 Å². The van der Waals surface area contributed by atoms with Gasteiger partial charge in [-0.25, -0.2) is 15.0 Å². The summed E-state index contributed by atoms with van der Waals surface area (Å²) in [6.45, 7) is 2.23. The highest BCUT2D eigenvalue weighted by Crippen LogP contribution is 2.31. The summed E-state index contributed by atoms with van der Waals surface area (Å²) in [5.74, 6) is 1.87. The number of aryl methyl sites for hydroxylation is 1. The van der Waals surface area contributed by atoms with Crippen molar-refractivity contribution in [2.24, 2.45) is 0 Å².